The maximum atomic E-state index is 13.1. The fourth-order valence-electron chi connectivity index (χ4n) is 2.39. The van der Waals surface area contributed by atoms with Crippen LogP contribution in [-0.2, 0) is 11.3 Å². The Morgan fingerprint density at radius 2 is 2.00 bits per heavy atom. The first-order chi connectivity index (χ1) is 12.6. The molecule has 0 spiro atoms. The number of nitrogens with one attached hydrogen (secondary N) is 3. The highest BCUT2D eigenvalue weighted by Gasteiger charge is 2.13. The standard InChI is InChI=1S/C18H19FN4O3/c1-20-18(21-9-12-5-6-15-16(7-12)26-11-25-15)22-10-17(24)23-14-4-2-3-13(19)8-14/h2-8H,9-11H2,1H3,(H,23,24)(H2,20,21,22). The number of guanidine groups is 1. The zero-order chi connectivity index (χ0) is 18.4. The highest BCUT2D eigenvalue weighted by Crippen LogP contribution is 2.32. The minimum atomic E-state index is -0.406. The molecule has 0 saturated carbocycles. The number of hydrogen-bond acceptors (Lipinski definition) is 4. The predicted molar refractivity (Wildman–Crippen MR) is 95.8 cm³/mol. The molecule has 1 aliphatic rings. The topological polar surface area (TPSA) is 84.0 Å². The first kappa shape index (κ1) is 17.5. The van der Waals surface area contributed by atoms with Gasteiger partial charge < -0.3 is 25.4 Å². The third-order valence-corrected chi connectivity index (χ3v) is 3.65. The van der Waals surface area contributed by atoms with E-state index >= 15 is 0 Å². The highest BCUT2D eigenvalue weighted by atomic mass is 19.1. The van der Waals surface area contributed by atoms with Crippen molar-refractivity contribution in [2.45, 2.75) is 6.54 Å². The molecule has 0 fully saturated rings. The maximum absolute atomic E-state index is 13.1. The lowest BCUT2D eigenvalue weighted by Gasteiger charge is -2.12. The summed E-state index contributed by atoms with van der Waals surface area (Å²) in [5, 5.41) is 8.62. The van der Waals surface area contributed by atoms with Gasteiger partial charge in [-0.2, -0.15) is 0 Å². The Morgan fingerprint density at radius 3 is 2.81 bits per heavy atom. The second-order valence-electron chi connectivity index (χ2n) is 5.53. The Morgan fingerprint density at radius 1 is 1.15 bits per heavy atom. The van der Waals surface area contributed by atoms with Crippen molar-refractivity contribution >= 4 is 17.6 Å². The minimum Gasteiger partial charge on any atom is -0.454 e. The first-order valence-corrected chi connectivity index (χ1v) is 8.02. The van der Waals surface area contributed by atoms with Crippen LogP contribution in [0.15, 0.2) is 47.5 Å². The summed E-state index contributed by atoms with van der Waals surface area (Å²) in [5.74, 6) is 1.20. The Labute approximate surface area is 150 Å². The highest BCUT2D eigenvalue weighted by molar-refractivity contribution is 5.94. The van der Waals surface area contributed by atoms with E-state index in [0.717, 1.165) is 11.3 Å². The van der Waals surface area contributed by atoms with E-state index in [-0.39, 0.29) is 19.2 Å². The Kier molecular flexibility index (Phi) is 5.52. The van der Waals surface area contributed by atoms with E-state index in [0.29, 0.717) is 23.9 Å². The van der Waals surface area contributed by atoms with Gasteiger partial charge in [-0.25, -0.2) is 4.39 Å². The SMILES string of the molecule is CN=C(NCC(=O)Nc1cccc(F)c1)NCc1ccc2c(c1)OCO2. The zero-order valence-electron chi connectivity index (χ0n) is 14.2. The van der Waals surface area contributed by atoms with Gasteiger partial charge in [-0.1, -0.05) is 12.1 Å². The van der Waals surface area contributed by atoms with E-state index in [2.05, 4.69) is 20.9 Å². The molecule has 1 heterocycles. The van der Waals surface area contributed by atoms with Crippen molar-refractivity contribution < 1.29 is 18.7 Å². The third-order valence-electron chi connectivity index (χ3n) is 3.65. The molecule has 7 nitrogen and oxygen atoms in total. The quantitative estimate of drug-likeness (QED) is 0.561. The van der Waals surface area contributed by atoms with Crippen LogP contribution in [0.25, 0.3) is 0 Å². The lowest BCUT2D eigenvalue weighted by molar-refractivity contribution is -0.115. The number of carbonyl (C=O) groups is 1. The molecule has 0 bridgehead atoms. The minimum absolute atomic E-state index is 0.00265. The summed E-state index contributed by atoms with van der Waals surface area (Å²) in [6, 6.07) is 11.4. The Balaban J connectivity index is 1.46. The van der Waals surface area contributed by atoms with Gasteiger partial charge in [0.1, 0.15) is 5.82 Å². The summed E-state index contributed by atoms with van der Waals surface area (Å²) in [5.41, 5.74) is 1.39. The molecule has 136 valence electrons. The second kappa shape index (κ2) is 8.19. The summed E-state index contributed by atoms with van der Waals surface area (Å²) >= 11 is 0. The molecule has 3 rings (SSSR count). The van der Waals surface area contributed by atoms with Gasteiger partial charge in [-0.15, -0.1) is 0 Å². The number of anilines is 1. The van der Waals surface area contributed by atoms with Crippen LogP contribution in [0.3, 0.4) is 0 Å². The lowest BCUT2D eigenvalue weighted by atomic mass is 10.2. The van der Waals surface area contributed by atoms with Gasteiger partial charge >= 0.3 is 0 Å². The Hall–Kier alpha value is -3.29. The number of carbonyl (C=O) groups excluding carboxylic acids is 1. The molecule has 0 saturated heterocycles. The smallest absolute Gasteiger partial charge is 0.243 e. The van der Waals surface area contributed by atoms with Crippen molar-refractivity contribution in [1.82, 2.24) is 10.6 Å². The van der Waals surface area contributed by atoms with Gasteiger partial charge in [-0.05, 0) is 35.9 Å². The van der Waals surface area contributed by atoms with Crippen LogP contribution in [0, 0.1) is 5.82 Å². The molecule has 0 aromatic heterocycles. The van der Waals surface area contributed by atoms with Crippen LogP contribution in [-0.4, -0.2) is 32.3 Å². The van der Waals surface area contributed by atoms with Gasteiger partial charge in [0, 0.05) is 19.3 Å². The summed E-state index contributed by atoms with van der Waals surface area (Å²) in [4.78, 5) is 16.0. The van der Waals surface area contributed by atoms with Gasteiger partial charge in [0.25, 0.3) is 0 Å². The van der Waals surface area contributed by atoms with Crippen LogP contribution in [0.5, 0.6) is 11.5 Å². The molecule has 0 radical (unpaired) electrons. The van der Waals surface area contributed by atoms with Crippen LogP contribution in [0.2, 0.25) is 0 Å². The number of aliphatic imine (C=N–C) groups is 1. The first-order valence-electron chi connectivity index (χ1n) is 8.02. The third kappa shape index (κ3) is 4.62. The average Bonchev–Trinajstić information content (AvgIpc) is 3.09. The predicted octanol–water partition coefficient (Wildman–Crippen LogP) is 1.86. The van der Waals surface area contributed by atoms with E-state index in [1.807, 2.05) is 18.2 Å². The molecule has 1 amide bonds. The maximum Gasteiger partial charge on any atom is 0.243 e. The van der Waals surface area contributed by atoms with E-state index < -0.39 is 5.82 Å². The number of halogens is 1. The number of amides is 1. The fourth-order valence-corrected chi connectivity index (χ4v) is 2.39. The van der Waals surface area contributed by atoms with Crippen molar-refractivity contribution in [3.8, 4) is 11.5 Å². The summed E-state index contributed by atoms with van der Waals surface area (Å²) in [7, 11) is 1.61. The Bertz CT molecular complexity index is 826. The molecular formula is C18H19FN4O3. The van der Waals surface area contributed by atoms with Crippen molar-refractivity contribution in [2.75, 3.05) is 25.7 Å². The molecule has 0 atom stereocenters. The van der Waals surface area contributed by atoms with Crippen molar-refractivity contribution in [3.63, 3.8) is 0 Å². The largest absolute Gasteiger partial charge is 0.454 e. The van der Waals surface area contributed by atoms with Gasteiger partial charge in [0.15, 0.2) is 17.5 Å². The average molecular weight is 358 g/mol. The van der Waals surface area contributed by atoms with Crippen molar-refractivity contribution in [2.24, 2.45) is 4.99 Å². The van der Waals surface area contributed by atoms with Crippen LogP contribution in [0.1, 0.15) is 5.56 Å². The van der Waals surface area contributed by atoms with E-state index in [9.17, 15) is 9.18 Å². The number of ether oxygens (including phenoxy) is 2. The molecule has 1 aliphatic heterocycles. The van der Waals surface area contributed by atoms with Gasteiger partial charge in [0.2, 0.25) is 12.7 Å². The van der Waals surface area contributed by atoms with E-state index in [4.69, 9.17) is 9.47 Å². The number of fused-ring (bicyclic) bond motifs is 1. The van der Waals surface area contributed by atoms with Crippen molar-refractivity contribution in [3.05, 3.63) is 53.8 Å². The van der Waals surface area contributed by atoms with Crippen LogP contribution in [0.4, 0.5) is 10.1 Å². The summed E-state index contributed by atoms with van der Waals surface area (Å²) < 4.78 is 23.7. The summed E-state index contributed by atoms with van der Waals surface area (Å²) in [6.45, 7) is 0.731. The normalized spacial score (nSPS) is 12.6. The molecule has 8 heteroatoms. The van der Waals surface area contributed by atoms with Crippen molar-refractivity contribution in [1.29, 1.82) is 0 Å². The number of nitrogens with zero attached hydrogens (tertiary/aromatic N) is 1. The summed E-state index contributed by atoms with van der Waals surface area (Å²) in [6.07, 6.45) is 0. The molecule has 3 N–H and O–H groups in total. The molecular weight excluding hydrogens is 339 g/mol. The van der Waals surface area contributed by atoms with Gasteiger partial charge in [-0.3, -0.25) is 9.79 Å². The number of hydrogen-bond donors (Lipinski definition) is 3. The molecule has 0 unspecified atom stereocenters. The molecule has 0 aliphatic carbocycles. The van der Waals surface area contributed by atoms with Crippen LogP contribution >= 0.6 is 0 Å². The molecule has 26 heavy (non-hydrogen) atoms. The monoisotopic (exact) mass is 358 g/mol. The second-order valence-corrected chi connectivity index (χ2v) is 5.53. The zero-order valence-corrected chi connectivity index (χ0v) is 14.2. The number of benzene rings is 2. The van der Waals surface area contributed by atoms with Crippen LogP contribution < -0.4 is 25.4 Å². The molecule has 2 aromatic rings. The lowest BCUT2D eigenvalue weighted by Crippen LogP contribution is -2.41. The fraction of sp³-hybridized carbons (Fsp3) is 0.222. The van der Waals surface area contributed by atoms with E-state index in [1.54, 1.807) is 13.1 Å². The van der Waals surface area contributed by atoms with E-state index in [1.165, 1.54) is 18.2 Å². The van der Waals surface area contributed by atoms with Gasteiger partial charge in [0.05, 0.1) is 6.54 Å². The molecule has 2 aromatic carbocycles. The number of rotatable bonds is 5.